The van der Waals surface area contributed by atoms with Gasteiger partial charge in [0.2, 0.25) is 0 Å². The molecule has 0 N–H and O–H groups in total. The van der Waals surface area contributed by atoms with Crippen LogP contribution >= 0.6 is 15.9 Å². The lowest BCUT2D eigenvalue weighted by Crippen LogP contribution is -2.15. The summed E-state index contributed by atoms with van der Waals surface area (Å²) >= 11 is 3.23. The van der Waals surface area contributed by atoms with Crippen molar-refractivity contribution in [2.45, 2.75) is 24.7 Å². The molecule has 16 heavy (non-hydrogen) atoms. The molecule has 5 heteroatoms. The Labute approximate surface area is 104 Å². The normalized spacial score (nSPS) is 11.4. The maximum atomic E-state index is 11.8. The minimum atomic E-state index is -3.47. The fourth-order valence-corrected chi connectivity index (χ4v) is 2.84. The van der Waals surface area contributed by atoms with Crippen LogP contribution in [0.1, 0.15) is 19.8 Å². The van der Waals surface area contributed by atoms with Gasteiger partial charge in [-0.2, -0.15) is 0 Å². The van der Waals surface area contributed by atoms with Crippen molar-refractivity contribution < 1.29 is 13.2 Å². The topological polar surface area (TPSA) is 51.2 Å². The first-order valence-corrected chi connectivity index (χ1v) is 7.40. The first-order valence-electron chi connectivity index (χ1n) is 4.95. The molecule has 0 aliphatic rings. The zero-order valence-electron chi connectivity index (χ0n) is 8.94. The molecule has 88 valence electrons. The predicted octanol–water partition coefficient (Wildman–Crippen LogP) is 2.59. The summed E-state index contributed by atoms with van der Waals surface area (Å²) in [4.78, 5) is 11.5. The van der Waals surface area contributed by atoms with Gasteiger partial charge in [-0.1, -0.05) is 22.9 Å². The molecule has 0 fully saturated rings. The third-order valence-corrected chi connectivity index (χ3v) is 4.27. The standard InChI is InChI=1S/C11H13BrO3S/c1-2-3-10(13)8-16(14,15)11-6-4-9(12)5-7-11/h4-7H,2-3,8H2,1H3. The quantitative estimate of drug-likeness (QED) is 0.840. The minimum absolute atomic E-state index is 0.195. The van der Waals surface area contributed by atoms with Crippen LogP contribution in [0.25, 0.3) is 0 Å². The highest BCUT2D eigenvalue weighted by Crippen LogP contribution is 2.16. The number of benzene rings is 1. The van der Waals surface area contributed by atoms with Crippen LogP contribution in [0.2, 0.25) is 0 Å². The Bertz CT molecular complexity index is 463. The number of hydrogen-bond donors (Lipinski definition) is 0. The molecular weight excluding hydrogens is 292 g/mol. The van der Waals surface area contributed by atoms with E-state index >= 15 is 0 Å². The highest BCUT2D eigenvalue weighted by molar-refractivity contribution is 9.10. The van der Waals surface area contributed by atoms with Gasteiger partial charge in [-0.25, -0.2) is 8.42 Å². The minimum Gasteiger partial charge on any atom is -0.299 e. The van der Waals surface area contributed by atoms with Crippen molar-refractivity contribution in [3.8, 4) is 0 Å². The highest BCUT2D eigenvalue weighted by Gasteiger charge is 2.18. The summed E-state index contributed by atoms with van der Waals surface area (Å²) in [7, 11) is -3.47. The van der Waals surface area contributed by atoms with Crippen LogP contribution in [-0.2, 0) is 14.6 Å². The van der Waals surface area contributed by atoms with Gasteiger partial charge in [0.15, 0.2) is 9.84 Å². The molecule has 0 aliphatic heterocycles. The average molecular weight is 305 g/mol. The number of rotatable bonds is 5. The first kappa shape index (κ1) is 13.4. The van der Waals surface area contributed by atoms with Crippen molar-refractivity contribution >= 4 is 31.6 Å². The van der Waals surface area contributed by atoms with E-state index in [2.05, 4.69) is 15.9 Å². The van der Waals surface area contributed by atoms with E-state index in [-0.39, 0.29) is 10.7 Å². The number of hydrogen-bond acceptors (Lipinski definition) is 3. The van der Waals surface area contributed by atoms with E-state index in [4.69, 9.17) is 0 Å². The van der Waals surface area contributed by atoms with Crippen LogP contribution in [0.5, 0.6) is 0 Å². The van der Waals surface area contributed by atoms with Gasteiger partial charge in [0.1, 0.15) is 11.5 Å². The number of sulfone groups is 1. The molecule has 0 aliphatic carbocycles. The Hall–Kier alpha value is -0.680. The lowest BCUT2D eigenvalue weighted by molar-refractivity contribution is -0.116. The SMILES string of the molecule is CCCC(=O)CS(=O)(=O)c1ccc(Br)cc1. The lowest BCUT2D eigenvalue weighted by Gasteiger charge is -2.03. The molecule has 0 saturated heterocycles. The van der Waals surface area contributed by atoms with E-state index in [1.165, 1.54) is 12.1 Å². The summed E-state index contributed by atoms with van der Waals surface area (Å²) in [5.74, 6) is -0.631. The van der Waals surface area contributed by atoms with E-state index in [1.807, 2.05) is 6.92 Å². The van der Waals surface area contributed by atoms with Crippen LogP contribution in [0, 0.1) is 0 Å². The molecule has 1 rings (SSSR count). The third-order valence-electron chi connectivity index (χ3n) is 2.05. The van der Waals surface area contributed by atoms with E-state index < -0.39 is 15.6 Å². The second-order valence-electron chi connectivity index (χ2n) is 3.50. The van der Waals surface area contributed by atoms with Crippen LogP contribution in [0.15, 0.2) is 33.6 Å². The molecule has 0 saturated carbocycles. The zero-order valence-corrected chi connectivity index (χ0v) is 11.3. The van der Waals surface area contributed by atoms with Crippen LogP contribution in [0.3, 0.4) is 0 Å². The molecule has 0 spiro atoms. The molecule has 3 nitrogen and oxygen atoms in total. The summed E-state index contributed by atoms with van der Waals surface area (Å²) in [5.41, 5.74) is 0. The van der Waals surface area contributed by atoms with Gasteiger partial charge in [0, 0.05) is 10.9 Å². The zero-order chi connectivity index (χ0) is 12.2. The fourth-order valence-electron chi connectivity index (χ4n) is 1.29. The second kappa shape index (κ2) is 5.59. The molecule has 0 amide bonds. The largest absolute Gasteiger partial charge is 0.299 e. The molecule has 1 aromatic rings. The van der Waals surface area contributed by atoms with Crippen LogP contribution < -0.4 is 0 Å². The van der Waals surface area contributed by atoms with Gasteiger partial charge in [-0.05, 0) is 30.7 Å². The molecule has 0 atom stereocenters. The fraction of sp³-hybridized carbons (Fsp3) is 0.364. The molecule has 0 unspecified atom stereocenters. The second-order valence-corrected chi connectivity index (χ2v) is 6.41. The van der Waals surface area contributed by atoms with Gasteiger partial charge in [0.25, 0.3) is 0 Å². The lowest BCUT2D eigenvalue weighted by atomic mass is 10.3. The summed E-state index contributed by atoms with van der Waals surface area (Å²) in [6, 6.07) is 6.30. The molecule has 0 bridgehead atoms. The Balaban J connectivity index is 2.86. The number of halogens is 1. The third kappa shape index (κ3) is 3.72. The number of Topliss-reactive ketones (excluding diaryl/α,β-unsaturated/α-hetero) is 1. The molecule has 1 aromatic carbocycles. The van der Waals surface area contributed by atoms with E-state index in [9.17, 15) is 13.2 Å². The Morgan fingerprint density at radius 2 is 1.81 bits per heavy atom. The van der Waals surface area contributed by atoms with Crippen LogP contribution in [0.4, 0.5) is 0 Å². The summed E-state index contributed by atoms with van der Waals surface area (Å²) in [5, 5.41) is 0. The van der Waals surface area contributed by atoms with Crippen molar-refractivity contribution in [2.75, 3.05) is 5.75 Å². The Morgan fingerprint density at radius 1 is 1.25 bits per heavy atom. The van der Waals surface area contributed by atoms with Gasteiger partial charge in [-0.3, -0.25) is 4.79 Å². The van der Waals surface area contributed by atoms with E-state index in [0.29, 0.717) is 12.8 Å². The van der Waals surface area contributed by atoms with Crippen molar-refractivity contribution in [2.24, 2.45) is 0 Å². The van der Waals surface area contributed by atoms with Gasteiger partial charge >= 0.3 is 0 Å². The van der Waals surface area contributed by atoms with E-state index in [1.54, 1.807) is 12.1 Å². The maximum Gasteiger partial charge on any atom is 0.185 e. The van der Waals surface area contributed by atoms with Crippen molar-refractivity contribution in [3.05, 3.63) is 28.7 Å². The summed E-state index contributed by atoms with van der Waals surface area (Å²) in [6.45, 7) is 1.85. The predicted molar refractivity (Wildman–Crippen MR) is 66.1 cm³/mol. The smallest absolute Gasteiger partial charge is 0.185 e. The Morgan fingerprint density at radius 3 is 2.31 bits per heavy atom. The maximum absolute atomic E-state index is 11.8. The average Bonchev–Trinajstić information content (AvgIpc) is 2.17. The number of ketones is 1. The Kier molecular flexibility index (Phi) is 4.68. The van der Waals surface area contributed by atoms with Gasteiger partial charge < -0.3 is 0 Å². The highest BCUT2D eigenvalue weighted by atomic mass is 79.9. The first-order chi connectivity index (χ1) is 7.45. The summed E-state index contributed by atoms with van der Waals surface area (Å²) in [6.07, 6.45) is 0.991. The van der Waals surface area contributed by atoms with Gasteiger partial charge in [0.05, 0.1) is 4.90 Å². The van der Waals surface area contributed by atoms with Crippen molar-refractivity contribution in [1.82, 2.24) is 0 Å². The molecule has 0 aromatic heterocycles. The molecular formula is C11H13BrO3S. The number of carbonyl (C=O) groups excluding carboxylic acids is 1. The monoisotopic (exact) mass is 304 g/mol. The van der Waals surface area contributed by atoms with Crippen molar-refractivity contribution in [3.63, 3.8) is 0 Å². The molecule has 0 radical (unpaired) electrons. The van der Waals surface area contributed by atoms with Crippen molar-refractivity contribution in [1.29, 1.82) is 0 Å². The summed E-state index contributed by atoms with van der Waals surface area (Å²) < 4.78 is 24.4. The number of carbonyl (C=O) groups is 1. The van der Waals surface area contributed by atoms with E-state index in [0.717, 1.165) is 4.47 Å². The molecule has 0 heterocycles. The van der Waals surface area contributed by atoms with Crippen LogP contribution in [-0.4, -0.2) is 20.0 Å². The van der Waals surface area contributed by atoms with Gasteiger partial charge in [-0.15, -0.1) is 0 Å².